The van der Waals surface area contributed by atoms with Crippen molar-refractivity contribution in [3.05, 3.63) is 12.3 Å². The van der Waals surface area contributed by atoms with Crippen LogP contribution in [0.25, 0.3) is 0 Å². The van der Waals surface area contributed by atoms with Crippen LogP contribution in [0, 0.1) is 5.92 Å². The van der Waals surface area contributed by atoms with Crippen LogP contribution in [0.1, 0.15) is 25.7 Å². The molecule has 1 amide bonds. The van der Waals surface area contributed by atoms with Gasteiger partial charge < -0.3 is 4.90 Å². The van der Waals surface area contributed by atoms with E-state index < -0.39 is 10.0 Å². The molecule has 7 nitrogen and oxygen atoms in total. The smallest absolute Gasteiger partial charge is 0.257 e. The van der Waals surface area contributed by atoms with Crippen LogP contribution in [0.3, 0.4) is 0 Å². The lowest BCUT2D eigenvalue weighted by Gasteiger charge is -2.32. The van der Waals surface area contributed by atoms with Crippen molar-refractivity contribution in [3.8, 4) is 0 Å². The normalized spacial score (nSPS) is 21.1. The van der Waals surface area contributed by atoms with Crippen LogP contribution in [0.15, 0.2) is 17.3 Å². The first-order chi connectivity index (χ1) is 9.56. The van der Waals surface area contributed by atoms with Crippen molar-refractivity contribution in [3.63, 3.8) is 0 Å². The molecule has 20 heavy (non-hydrogen) atoms. The van der Waals surface area contributed by atoms with Crippen LogP contribution in [0.2, 0.25) is 0 Å². The van der Waals surface area contributed by atoms with E-state index in [0.29, 0.717) is 25.9 Å². The first kappa shape index (κ1) is 13.6. The molecule has 2 aliphatic rings. The largest absolute Gasteiger partial charge is 0.342 e. The number of carbonyl (C=O) groups excluding carboxylic acids is 1. The van der Waals surface area contributed by atoms with Crippen molar-refractivity contribution >= 4 is 15.9 Å². The summed E-state index contributed by atoms with van der Waals surface area (Å²) < 4.78 is 26.7. The number of amides is 1. The Bertz CT molecular complexity index is 572. The van der Waals surface area contributed by atoms with Crippen molar-refractivity contribution in [1.82, 2.24) is 19.8 Å². The number of hydrogen-bond donors (Lipinski definition) is 2. The van der Waals surface area contributed by atoms with E-state index in [9.17, 15) is 13.2 Å². The number of rotatable bonds is 4. The predicted molar refractivity (Wildman–Crippen MR) is 71.2 cm³/mol. The minimum Gasteiger partial charge on any atom is -0.342 e. The van der Waals surface area contributed by atoms with Crippen LogP contribution in [0.4, 0.5) is 0 Å². The number of aromatic amines is 1. The SMILES string of the molecule is O=C(C1CC1)N1CCC(NS(=O)(=O)c2ccn[nH]2)CC1. The number of H-pyrrole nitrogens is 1. The lowest BCUT2D eigenvalue weighted by Crippen LogP contribution is -2.46. The number of aromatic nitrogens is 2. The molecule has 0 bridgehead atoms. The van der Waals surface area contributed by atoms with E-state index in [1.165, 1.54) is 12.3 Å². The number of sulfonamides is 1. The topological polar surface area (TPSA) is 95.2 Å². The van der Waals surface area contributed by atoms with Crippen LogP contribution in [-0.2, 0) is 14.8 Å². The zero-order valence-corrected chi connectivity index (χ0v) is 11.9. The minimum atomic E-state index is -3.53. The molecule has 1 aromatic rings. The number of nitrogens with one attached hydrogen (secondary N) is 2. The fraction of sp³-hybridized carbons (Fsp3) is 0.667. The minimum absolute atomic E-state index is 0.0778. The molecule has 1 aliphatic carbocycles. The van der Waals surface area contributed by atoms with Crippen molar-refractivity contribution in [2.75, 3.05) is 13.1 Å². The number of piperidine rings is 1. The fourth-order valence-corrected chi connectivity index (χ4v) is 3.70. The third-order valence-corrected chi connectivity index (χ3v) is 5.27. The maximum absolute atomic E-state index is 12.0. The summed E-state index contributed by atoms with van der Waals surface area (Å²) in [5, 5.41) is 6.18. The average Bonchev–Trinajstić information content (AvgIpc) is 3.12. The molecule has 1 aromatic heterocycles. The molecule has 0 spiro atoms. The van der Waals surface area contributed by atoms with Gasteiger partial charge in [-0.25, -0.2) is 13.1 Å². The van der Waals surface area contributed by atoms with E-state index in [2.05, 4.69) is 14.9 Å². The molecule has 0 atom stereocenters. The van der Waals surface area contributed by atoms with Gasteiger partial charge in [-0.05, 0) is 31.7 Å². The molecule has 1 saturated carbocycles. The molecule has 2 N–H and O–H groups in total. The van der Waals surface area contributed by atoms with Crippen molar-refractivity contribution in [2.24, 2.45) is 5.92 Å². The lowest BCUT2D eigenvalue weighted by molar-refractivity contribution is -0.133. The van der Waals surface area contributed by atoms with Crippen molar-refractivity contribution < 1.29 is 13.2 Å². The maximum atomic E-state index is 12.0. The number of hydrogen-bond acceptors (Lipinski definition) is 4. The molecule has 1 aliphatic heterocycles. The van der Waals surface area contributed by atoms with Gasteiger partial charge in [-0.1, -0.05) is 0 Å². The molecule has 3 rings (SSSR count). The summed E-state index contributed by atoms with van der Waals surface area (Å²) in [6, 6.07) is 1.31. The van der Waals surface area contributed by atoms with Crippen LogP contribution in [0.5, 0.6) is 0 Å². The lowest BCUT2D eigenvalue weighted by atomic mass is 10.1. The Kier molecular flexibility index (Phi) is 3.51. The number of carbonyl (C=O) groups is 1. The van der Waals surface area contributed by atoms with Gasteiger partial charge in [-0.2, -0.15) is 5.10 Å². The zero-order chi connectivity index (χ0) is 14.2. The molecular formula is C12H18N4O3S. The number of nitrogens with zero attached hydrogens (tertiary/aromatic N) is 2. The van der Waals surface area contributed by atoms with E-state index in [-0.39, 0.29) is 22.9 Å². The molecule has 2 fully saturated rings. The van der Waals surface area contributed by atoms with E-state index in [0.717, 1.165) is 12.8 Å². The summed E-state index contributed by atoms with van der Waals surface area (Å²) in [7, 11) is -3.53. The van der Waals surface area contributed by atoms with Gasteiger partial charge in [0.25, 0.3) is 10.0 Å². The molecule has 2 heterocycles. The van der Waals surface area contributed by atoms with Gasteiger partial charge in [0.05, 0.1) is 6.20 Å². The summed E-state index contributed by atoms with van der Waals surface area (Å²) in [6.07, 6.45) is 4.74. The summed E-state index contributed by atoms with van der Waals surface area (Å²) >= 11 is 0. The van der Waals surface area contributed by atoms with Gasteiger partial charge in [0.15, 0.2) is 5.03 Å². The Morgan fingerprint density at radius 3 is 2.55 bits per heavy atom. The quantitative estimate of drug-likeness (QED) is 0.823. The average molecular weight is 298 g/mol. The van der Waals surface area contributed by atoms with Crippen molar-refractivity contribution in [2.45, 2.75) is 36.8 Å². The van der Waals surface area contributed by atoms with Crippen molar-refractivity contribution in [1.29, 1.82) is 0 Å². The fourth-order valence-electron chi connectivity index (χ4n) is 2.48. The van der Waals surface area contributed by atoms with E-state index in [1.54, 1.807) is 0 Å². The molecule has 0 radical (unpaired) electrons. The summed E-state index contributed by atoms with van der Waals surface area (Å²) in [6.45, 7) is 1.26. The predicted octanol–water partition coefficient (Wildman–Crippen LogP) is 0.0890. The molecule has 1 saturated heterocycles. The standard InChI is InChI=1S/C12H18N4O3S/c17-12(9-1-2-9)16-7-4-10(5-8-16)15-20(18,19)11-3-6-13-14-11/h3,6,9-10,15H,1-2,4-5,7-8H2,(H,13,14). The molecule has 0 unspecified atom stereocenters. The summed E-state index contributed by atoms with van der Waals surface area (Å²) in [4.78, 5) is 13.8. The van der Waals surface area contributed by atoms with Gasteiger partial charge in [-0.3, -0.25) is 9.89 Å². The second kappa shape index (κ2) is 5.17. The van der Waals surface area contributed by atoms with E-state index >= 15 is 0 Å². The molecule has 110 valence electrons. The van der Waals surface area contributed by atoms with Gasteiger partial charge >= 0.3 is 0 Å². The summed E-state index contributed by atoms with van der Waals surface area (Å²) in [5.74, 6) is 0.466. The highest BCUT2D eigenvalue weighted by molar-refractivity contribution is 7.89. The number of likely N-dealkylation sites (tertiary alicyclic amines) is 1. The molecule has 8 heteroatoms. The highest BCUT2D eigenvalue weighted by Gasteiger charge is 2.35. The first-order valence-corrected chi connectivity index (χ1v) is 8.35. The van der Waals surface area contributed by atoms with Crippen LogP contribution >= 0.6 is 0 Å². The second-order valence-corrected chi connectivity index (χ2v) is 7.10. The monoisotopic (exact) mass is 298 g/mol. The van der Waals surface area contributed by atoms with E-state index in [4.69, 9.17) is 0 Å². The van der Waals surface area contributed by atoms with Crippen LogP contribution < -0.4 is 4.72 Å². The Morgan fingerprint density at radius 1 is 1.30 bits per heavy atom. The summed E-state index contributed by atoms with van der Waals surface area (Å²) in [5.41, 5.74) is 0. The van der Waals surface area contributed by atoms with Crippen LogP contribution in [-0.4, -0.2) is 48.6 Å². The highest BCUT2D eigenvalue weighted by atomic mass is 32.2. The highest BCUT2D eigenvalue weighted by Crippen LogP contribution is 2.31. The second-order valence-electron chi connectivity index (χ2n) is 5.42. The van der Waals surface area contributed by atoms with E-state index in [1.807, 2.05) is 4.90 Å². The van der Waals surface area contributed by atoms with Gasteiger partial charge in [0.1, 0.15) is 0 Å². The maximum Gasteiger partial charge on any atom is 0.257 e. The van der Waals surface area contributed by atoms with Gasteiger partial charge in [0, 0.05) is 25.0 Å². The zero-order valence-electron chi connectivity index (χ0n) is 11.1. The molecular weight excluding hydrogens is 280 g/mol. The van der Waals surface area contributed by atoms with Gasteiger partial charge in [-0.15, -0.1) is 0 Å². The third-order valence-electron chi connectivity index (χ3n) is 3.82. The Morgan fingerprint density at radius 2 is 2.00 bits per heavy atom. The third kappa shape index (κ3) is 2.85. The Labute approximate surface area is 117 Å². The Balaban J connectivity index is 1.55. The molecule has 0 aromatic carbocycles. The van der Waals surface area contributed by atoms with Gasteiger partial charge in [0.2, 0.25) is 5.91 Å². The Hall–Kier alpha value is -1.41. The first-order valence-electron chi connectivity index (χ1n) is 6.87.